The van der Waals surface area contributed by atoms with E-state index in [0.29, 0.717) is 0 Å². The Bertz CT molecular complexity index is 93.7. The summed E-state index contributed by atoms with van der Waals surface area (Å²) >= 11 is 0. The molecule has 0 spiro atoms. The van der Waals surface area contributed by atoms with E-state index in [2.05, 4.69) is 17.1 Å². The largest absolute Gasteiger partial charge is 0.261 e. The number of hydrogen-bond acceptors (Lipinski definition) is 2. The standard InChI is InChI=1S/C4H6N2/c1-2-3-4-5-6-4/h2H,1,3H2,(H,5,6). The maximum Gasteiger partial charge on any atom is 0.146 e. The number of hydrogen-bond donors (Lipinski definition) is 1. The van der Waals surface area contributed by atoms with Crippen LogP contribution in [0.25, 0.3) is 0 Å². The summed E-state index contributed by atoms with van der Waals surface area (Å²) in [6.45, 7) is 3.52. The van der Waals surface area contributed by atoms with Gasteiger partial charge < -0.3 is 0 Å². The normalized spacial score (nSPS) is 15.0. The lowest BCUT2D eigenvalue weighted by Crippen LogP contribution is -1.86. The van der Waals surface area contributed by atoms with Gasteiger partial charge in [0.1, 0.15) is 5.84 Å². The Balaban J connectivity index is 2.16. The Kier molecular flexibility index (Phi) is 0.638. The molecule has 32 valence electrons. The molecule has 0 fully saturated rings. The highest BCUT2D eigenvalue weighted by Gasteiger charge is 2.02. The van der Waals surface area contributed by atoms with Crippen molar-refractivity contribution in [1.82, 2.24) is 5.43 Å². The molecule has 2 heteroatoms. The van der Waals surface area contributed by atoms with Gasteiger partial charge in [-0.25, -0.2) is 0 Å². The summed E-state index contributed by atoms with van der Waals surface area (Å²) in [4.78, 5) is 0. The van der Waals surface area contributed by atoms with Gasteiger partial charge in [0.2, 0.25) is 0 Å². The molecule has 0 radical (unpaired) electrons. The molecule has 0 atom stereocenters. The summed E-state index contributed by atoms with van der Waals surface area (Å²) in [5, 5.41) is 3.69. The Morgan fingerprint density at radius 2 is 2.67 bits per heavy atom. The summed E-state index contributed by atoms with van der Waals surface area (Å²) < 4.78 is 0. The van der Waals surface area contributed by atoms with E-state index in [9.17, 15) is 0 Å². The van der Waals surface area contributed by atoms with Crippen LogP contribution >= 0.6 is 0 Å². The monoisotopic (exact) mass is 82.1 g/mol. The van der Waals surface area contributed by atoms with E-state index in [-0.39, 0.29) is 0 Å². The summed E-state index contributed by atoms with van der Waals surface area (Å²) in [6, 6.07) is 0. The lowest BCUT2D eigenvalue weighted by molar-refractivity contribution is 1.25. The number of nitrogens with one attached hydrogen (secondary N) is 1. The van der Waals surface area contributed by atoms with Gasteiger partial charge >= 0.3 is 0 Å². The van der Waals surface area contributed by atoms with Gasteiger partial charge in [-0.05, 0) is 0 Å². The van der Waals surface area contributed by atoms with E-state index in [4.69, 9.17) is 0 Å². The van der Waals surface area contributed by atoms with E-state index in [1.54, 1.807) is 0 Å². The van der Waals surface area contributed by atoms with Crippen molar-refractivity contribution in [3.8, 4) is 0 Å². The highest BCUT2D eigenvalue weighted by molar-refractivity contribution is 5.91. The summed E-state index contributed by atoms with van der Waals surface area (Å²) in [7, 11) is 0. The van der Waals surface area contributed by atoms with Crippen LogP contribution in [0.15, 0.2) is 17.8 Å². The molecule has 1 aliphatic heterocycles. The van der Waals surface area contributed by atoms with E-state index >= 15 is 0 Å². The van der Waals surface area contributed by atoms with E-state index in [0.717, 1.165) is 12.3 Å². The molecule has 0 aromatic carbocycles. The zero-order valence-corrected chi connectivity index (χ0v) is 3.44. The predicted octanol–water partition coefficient (Wildman–Crippen LogP) is 0.479. The Morgan fingerprint density at radius 1 is 2.00 bits per heavy atom. The predicted molar refractivity (Wildman–Crippen MR) is 25.4 cm³/mol. The molecule has 0 saturated carbocycles. The second-order valence-electron chi connectivity index (χ2n) is 1.16. The molecule has 6 heavy (non-hydrogen) atoms. The quantitative estimate of drug-likeness (QED) is 0.483. The van der Waals surface area contributed by atoms with Crippen molar-refractivity contribution in [3.05, 3.63) is 12.7 Å². The van der Waals surface area contributed by atoms with Crippen LogP contribution in [0.5, 0.6) is 0 Å². The molecule has 0 amide bonds. The summed E-state index contributed by atoms with van der Waals surface area (Å²) in [5.74, 6) is 1.05. The lowest BCUT2D eigenvalue weighted by Gasteiger charge is -1.67. The minimum atomic E-state index is 0.889. The zero-order valence-electron chi connectivity index (χ0n) is 3.44. The number of rotatable bonds is 2. The van der Waals surface area contributed by atoms with Gasteiger partial charge in [-0.15, -0.1) is 6.58 Å². The van der Waals surface area contributed by atoms with Crippen molar-refractivity contribution < 1.29 is 0 Å². The van der Waals surface area contributed by atoms with E-state index < -0.39 is 0 Å². The van der Waals surface area contributed by atoms with Crippen molar-refractivity contribution in [2.24, 2.45) is 5.10 Å². The Hall–Kier alpha value is -0.790. The molecule has 0 unspecified atom stereocenters. The van der Waals surface area contributed by atoms with Gasteiger partial charge in [0.25, 0.3) is 0 Å². The molecule has 1 rings (SSSR count). The van der Waals surface area contributed by atoms with Gasteiger partial charge in [0, 0.05) is 6.42 Å². The molecule has 1 heterocycles. The zero-order chi connectivity index (χ0) is 4.41. The minimum Gasteiger partial charge on any atom is -0.261 e. The molecule has 0 bridgehead atoms. The topological polar surface area (TPSA) is 34.3 Å². The van der Waals surface area contributed by atoms with Crippen molar-refractivity contribution in [2.45, 2.75) is 6.42 Å². The van der Waals surface area contributed by atoms with Gasteiger partial charge in [0.15, 0.2) is 0 Å². The molecule has 2 nitrogen and oxygen atoms in total. The third-order valence-electron chi connectivity index (χ3n) is 0.608. The Morgan fingerprint density at radius 3 is 2.83 bits per heavy atom. The third-order valence-corrected chi connectivity index (χ3v) is 0.608. The molecule has 0 aromatic heterocycles. The molecular formula is C4H6N2. The first-order valence-electron chi connectivity index (χ1n) is 1.87. The van der Waals surface area contributed by atoms with Crippen molar-refractivity contribution in [1.29, 1.82) is 0 Å². The fourth-order valence-electron chi connectivity index (χ4n) is 0.268. The second-order valence-corrected chi connectivity index (χ2v) is 1.16. The third kappa shape index (κ3) is 0.578. The highest BCUT2D eigenvalue weighted by atomic mass is 15.5. The first kappa shape index (κ1) is 3.40. The first-order valence-corrected chi connectivity index (χ1v) is 1.87. The van der Waals surface area contributed by atoms with Gasteiger partial charge in [0.05, 0.1) is 0 Å². The summed E-state index contributed by atoms with van der Waals surface area (Å²) in [6.07, 6.45) is 2.71. The van der Waals surface area contributed by atoms with Crippen LogP contribution in [0, 0.1) is 0 Å². The summed E-state index contributed by atoms with van der Waals surface area (Å²) in [5.41, 5.74) is 2.71. The minimum absolute atomic E-state index is 0.889. The maximum atomic E-state index is 3.69. The maximum absolute atomic E-state index is 3.69. The van der Waals surface area contributed by atoms with Crippen molar-refractivity contribution in [3.63, 3.8) is 0 Å². The van der Waals surface area contributed by atoms with E-state index in [1.165, 1.54) is 0 Å². The van der Waals surface area contributed by atoms with Gasteiger partial charge in [-0.1, -0.05) is 6.08 Å². The van der Waals surface area contributed by atoms with Gasteiger partial charge in [-0.3, -0.25) is 5.43 Å². The average molecular weight is 82.1 g/mol. The number of nitrogens with zero attached hydrogens (tertiary/aromatic N) is 1. The molecule has 0 aromatic rings. The van der Waals surface area contributed by atoms with Crippen LogP contribution in [0.2, 0.25) is 0 Å². The number of amidine groups is 1. The highest BCUT2D eigenvalue weighted by Crippen LogP contribution is 1.91. The van der Waals surface area contributed by atoms with Crippen molar-refractivity contribution in [2.75, 3.05) is 0 Å². The lowest BCUT2D eigenvalue weighted by atomic mass is 10.4. The van der Waals surface area contributed by atoms with Crippen LogP contribution < -0.4 is 5.43 Å². The molecule has 0 saturated heterocycles. The Labute approximate surface area is 36.6 Å². The van der Waals surface area contributed by atoms with Crippen LogP contribution in [0.1, 0.15) is 6.42 Å². The molecular weight excluding hydrogens is 76.1 g/mol. The van der Waals surface area contributed by atoms with E-state index in [1.807, 2.05) is 6.08 Å². The van der Waals surface area contributed by atoms with Crippen LogP contribution in [-0.4, -0.2) is 5.84 Å². The van der Waals surface area contributed by atoms with Crippen LogP contribution in [-0.2, 0) is 0 Å². The van der Waals surface area contributed by atoms with Crippen molar-refractivity contribution >= 4 is 5.84 Å². The molecule has 0 aliphatic carbocycles. The van der Waals surface area contributed by atoms with Crippen LogP contribution in [0.4, 0.5) is 0 Å². The number of hydrazone groups is 1. The van der Waals surface area contributed by atoms with Crippen LogP contribution in [0.3, 0.4) is 0 Å². The van der Waals surface area contributed by atoms with Gasteiger partial charge in [-0.2, -0.15) is 5.10 Å². The second kappa shape index (κ2) is 1.12. The fourth-order valence-corrected chi connectivity index (χ4v) is 0.268. The first-order chi connectivity index (χ1) is 2.93. The molecule has 1 aliphatic rings. The molecule has 1 N–H and O–H groups in total. The fraction of sp³-hybridized carbons (Fsp3) is 0.250. The SMILES string of the molecule is C=CCC1=NN1. The smallest absolute Gasteiger partial charge is 0.146 e. The average Bonchev–Trinajstić information content (AvgIpc) is 2.21.